The summed E-state index contributed by atoms with van der Waals surface area (Å²) < 4.78 is 2.06. The molecule has 1 aliphatic rings. The van der Waals surface area contributed by atoms with Gasteiger partial charge in [-0.2, -0.15) is 5.26 Å². The number of anilines is 1. The van der Waals surface area contributed by atoms with Crippen LogP contribution in [0, 0.1) is 18.3 Å². The van der Waals surface area contributed by atoms with Gasteiger partial charge in [-0.25, -0.2) is 4.98 Å². The van der Waals surface area contributed by atoms with Gasteiger partial charge in [0.05, 0.1) is 47.1 Å². The van der Waals surface area contributed by atoms with Crippen LogP contribution in [0.15, 0.2) is 48.9 Å². The Morgan fingerprint density at radius 2 is 1.94 bits per heavy atom. The first-order chi connectivity index (χ1) is 15.0. The van der Waals surface area contributed by atoms with E-state index in [0.29, 0.717) is 11.4 Å². The van der Waals surface area contributed by atoms with Gasteiger partial charge in [0.25, 0.3) is 0 Å². The van der Waals surface area contributed by atoms with Crippen molar-refractivity contribution in [2.24, 2.45) is 0 Å². The summed E-state index contributed by atoms with van der Waals surface area (Å²) in [6.45, 7) is 3.99. The maximum Gasteiger partial charge on any atom is 0.154 e. The van der Waals surface area contributed by atoms with Crippen molar-refractivity contribution in [1.82, 2.24) is 35.0 Å². The molecule has 9 heteroatoms. The van der Waals surface area contributed by atoms with Gasteiger partial charge in [0.2, 0.25) is 0 Å². The standard InChI is InChI=1S/C22H19N9/c1-12-22-30-29-13(2)31(22)19-6-4-15(18-10-27-20(24)11-26-18)7-16(19)21(28-12)17-5-3-14(8-23)9-25-17/h3-7,9-12,21,28H,1-2H3,(H2,24,27)/t12-,21?/m0/s1. The predicted molar refractivity (Wildman–Crippen MR) is 114 cm³/mol. The minimum Gasteiger partial charge on any atom is -0.382 e. The number of pyridine rings is 1. The van der Waals surface area contributed by atoms with Crippen LogP contribution in [0.2, 0.25) is 0 Å². The summed E-state index contributed by atoms with van der Waals surface area (Å²) in [5.41, 5.74) is 10.6. The molecule has 0 radical (unpaired) electrons. The first-order valence-corrected chi connectivity index (χ1v) is 9.81. The lowest BCUT2D eigenvalue weighted by Crippen LogP contribution is -2.25. The molecule has 4 aromatic rings. The summed E-state index contributed by atoms with van der Waals surface area (Å²) in [5.74, 6) is 2.01. The van der Waals surface area contributed by atoms with Gasteiger partial charge in [-0.15, -0.1) is 10.2 Å². The average molecular weight is 409 g/mol. The van der Waals surface area contributed by atoms with Crippen LogP contribution in [-0.4, -0.2) is 29.7 Å². The second kappa shape index (κ2) is 7.27. The fourth-order valence-electron chi connectivity index (χ4n) is 3.89. The molecular formula is C22H19N9. The Balaban J connectivity index is 1.72. The van der Waals surface area contributed by atoms with E-state index in [2.05, 4.69) is 54.1 Å². The highest BCUT2D eigenvalue weighted by Crippen LogP contribution is 2.36. The number of nitriles is 1. The van der Waals surface area contributed by atoms with Crippen LogP contribution in [0.3, 0.4) is 0 Å². The number of hydrogen-bond acceptors (Lipinski definition) is 8. The van der Waals surface area contributed by atoms with E-state index in [4.69, 9.17) is 11.0 Å². The molecule has 2 atom stereocenters. The number of nitrogen functional groups attached to an aromatic ring is 1. The molecule has 0 amide bonds. The predicted octanol–water partition coefficient (Wildman–Crippen LogP) is 2.64. The second-order valence-corrected chi connectivity index (χ2v) is 7.45. The highest BCUT2D eigenvalue weighted by molar-refractivity contribution is 5.65. The third kappa shape index (κ3) is 3.19. The molecule has 0 saturated heterocycles. The van der Waals surface area contributed by atoms with Gasteiger partial charge in [0.1, 0.15) is 17.7 Å². The van der Waals surface area contributed by atoms with Gasteiger partial charge in [0.15, 0.2) is 5.82 Å². The van der Waals surface area contributed by atoms with E-state index in [1.54, 1.807) is 24.7 Å². The molecule has 5 rings (SSSR count). The van der Waals surface area contributed by atoms with E-state index in [9.17, 15) is 0 Å². The fourth-order valence-corrected chi connectivity index (χ4v) is 3.89. The minimum absolute atomic E-state index is 0.0733. The normalized spacial score (nSPS) is 17.3. The lowest BCUT2D eigenvalue weighted by molar-refractivity contribution is 0.497. The quantitative estimate of drug-likeness (QED) is 0.516. The van der Waals surface area contributed by atoms with Gasteiger partial charge in [-0.05, 0) is 43.7 Å². The maximum atomic E-state index is 9.14. The van der Waals surface area contributed by atoms with Crippen molar-refractivity contribution in [3.8, 4) is 23.0 Å². The first kappa shape index (κ1) is 18.8. The molecule has 4 heterocycles. The zero-order valence-electron chi connectivity index (χ0n) is 17.0. The fraction of sp³-hybridized carbons (Fsp3) is 0.182. The van der Waals surface area contributed by atoms with E-state index in [1.807, 2.05) is 25.1 Å². The Morgan fingerprint density at radius 1 is 1.06 bits per heavy atom. The Labute approximate surface area is 178 Å². The van der Waals surface area contributed by atoms with Crippen LogP contribution < -0.4 is 11.1 Å². The molecule has 1 aromatic carbocycles. The third-order valence-electron chi connectivity index (χ3n) is 5.41. The summed E-state index contributed by atoms with van der Waals surface area (Å²) in [7, 11) is 0. The molecule has 0 bridgehead atoms. The Kier molecular flexibility index (Phi) is 4.42. The summed E-state index contributed by atoms with van der Waals surface area (Å²) in [5, 5.41) is 21.4. The van der Waals surface area contributed by atoms with Gasteiger partial charge in [-0.3, -0.25) is 19.9 Å². The van der Waals surface area contributed by atoms with E-state index in [0.717, 1.165) is 39.9 Å². The van der Waals surface area contributed by atoms with Gasteiger partial charge in [-0.1, -0.05) is 6.07 Å². The number of fused-ring (bicyclic) bond motifs is 3. The second-order valence-electron chi connectivity index (χ2n) is 7.45. The largest absolute Gasteiger partial charge is 0.382 e. The van der Waals surface area contributed by atoms with Crippen LogP contribution in [0.4, 0.5) is 5.82 Å². The summed E-state index contributed by atoms with van der Waals surface area (Å²) in [6.07, 6.45) is 4.80. The van der Waals surface area contributed by atoms with Crippen molar-refractivity contribution in [1.29, 1.82) is 5.26 Å². The Morgan fingerprint density at radius 3 is 2.65 bits per heavy atom. The SMILES string of the molecule is Cc1nnc2n1-c1ccc(-c3cnc(N)cn3)cc1C(c1ccc(C#N)cn1)N[C@H]2C. The molecule has 3 N–H and O–H groups in total. The van der Waals surface area contributed by atoms with Crippen molar-refractivity contribution in [2.45, 2.75) is 25.9 Å². The van der Waals surface area contributed by atoms with Crippen LogP contribution in [0.25, 0.3) is 16.9 Å². The zero-order valence-corrected chi connectivity index (χ0v) is 17.0. The number of aromatic nitrogens is 6. The monoisotopic (exact) mass is 409 g/mol. The Bertz CT molecular complexity index is 1300. The molecule has 0 spiro atoms. The Hall–Kier alpha value is -4.16. The number of nitrogens with two attached hydrogens (primary N) is 1. The van der Waals surface area contributed by atoms with Crippen molar-refractivity contribution in [3.05, 3.63) is 77.4 Å². The molecule has 31 heavy (non-hydrogen) atoms. The van der Waals surface area contributed by atoms with E-state index in [-0.39, 0.29) is 12.1 Å². The van der Waals surface area contributed by atoms with Crippen molar-refractivity contribution in [2.75, 3.05) is 5.73 Å². The van der Waals surface area contributed by atoms with Gasteiger partial charge >= 0.3 is 0 Å². The smallest absolute Gasteiger partial charge is 0.154 e. The number of rotatable bonds is 2. The van der Waals surface area contributed by atoms with Crippen molar-refractivity contribution < 1.29 is 0 Å². The van der Waals surface area contributed by atoms with E-state index in [1.165, 1.54) is 0 Å². The molecule has 0 fully saturated rings. The van der Waals surface area contributed by atoms with Gasteiger partial charge < -0.3 is 5.73 Å². The molecule has 9 nitrogen and oxygen atoms in total. The average Bonchev–Trinajstić information content (AvgIpc) is 3.13. The number of benzene rings is 1. The van der Waals surface area contributed by atoms with Crippen molar-refractivity contribution in [3.63, 3.8) is 0 Å². The highest BCUT2D eigenvalue weighted by atomic mass is 15.3. The lowest BCUT2D eigenvalue weighted by atomic mass is 9.97. The van der Waals surface area contributed by atoms with E-state index >= 15 is 0 Å². The molecule has 1 unspecified atom stereocenters. The first-order valence-electron chi connectivity index (χ1n) is 9.81. The van der Waals surface area contributed by atoms with Crippen LogP contribution in [-0.2, 0) is 0 Å². The maximum absolute atomic E-state index is 9.14. The van der Waals surface area contributed by atoms with Gasteiger partial charge in [0, 0.05) is 11.8 Å². The molecular weight excluding hydrogens is 390 g/mol. The lowest BCUT2D eigenvalue weighted by Gasteiger charge is -2.21. The number of hydrogen-bond donors (Lipinski definition) is 2. The van der Waals surface area contributed by atoms with Crippen LogP contribution in [0.1, 0.15) is 47.5 Å². The van der Waals surface area contributed by atoms with Crippen molar-refractivity contribution >= 4 is 5.82 Å². The number of nitrogens with one attached hydrogen (secondary N) is 1. The summed E-state index contributed by atoms with van der Waals surface area (Å²) in [6, 6.07) is 11.6. The zero-order chi connectivity index (χ0) is 21.5. The van der Waals surface area contributed by atoms with Crippen LogP contribution in [0.5, 0.6) is 0 Å². The van der Waals surface area contributed by atoms with E-state index < -0.39 is 0 Å². The molecule has 0 saturated carbocycles. The molecule has 1 aliphatic heterocycles. The third-order valence-corrected chi connectivity index (χ3v) is 5.41. The highest BCUT2D eigenvalue weighted by Gasteiger charge is 2.30. The summed E-state index contributed by atoms with van der Waals surface area (Å²) >= 11 is 0. The molecule has 0 aliphatic carbocycles. The molecule has 3 aromatic heterocycles. The van der Waals surface area contributed by atoms with Crippen LogP contribution >= 0.6 is 0 Å². The number of aryl methyl sites for hydroxylation is 1. The number of nitrogens with zero attached hydrogens (tertiary/aromatic N) is 7. The minimum atomic E-state index is -0.222. The molecule has 152 valence electrons. The summed E-state index contributed by atoms with van der Waals surface area (Å²) in [4.78, 5) is 13.1. The topological polar surface area (TPSA) is 131 Å².